The molecule has 0 spiro atoms. The highest BCUT2D eigenvalue weighted by atomic mass is 16.5. The van der Waals surface area contributed by atoms with Crippen LogP contribution in [0.4, 0.5) is 0 Å². The highest BCUT2D eigenvalue weighted by Gasteiger charge is 2.18. The molecular formula is C15H23N2O2+. The maximum atomic E-state index is 11.2. The van der Waals surface area contributed by atoms with Crippen LogP contribution in [0.2, 0.25) is 0 Å². The fraction of sp³-hybridized carbons (Fsp3) is 0.533. The van der Waals surface area contributed by atoms with Crippen LogP contribution >= 0.6 is 0 Å². The van der Waals surface area contributed by atoms with E-state index in [-0.39, 0.29) is 5.91 Å². The number of ether oxygens (including phenoxy) is 1. The van der Waals surface area contributed by atoms with Crippen molar-refractivity contribution in [2.24, 2.45) is 0 Å². The Morgan fingerprint density at radius 3 is 3.00 bits per heavy atom. The predicted molar refractivity (Wildman–Crippen MR) is 74.6 cm³/mol. The van der Waals surface area contributed by atoms with Gasteiger partial charge in [-0.1, -0.05) is 12.1 Å². The normalized spacial score (nSPS) is 19.1. The smallest absolute Gasteiger partial charge is 0.275 e. The first-order valence-electron chi connectivity index (χ1n) is 6.95. The van der Waals surface area contributed by atoms with E-state index in [1.54, 1.807) is 0 Å². The van der Waals surface area contributed by atoms with Gasteiger partial charge in [0, 0.05) is 6.42 Å². The average Bonchev–Trinajstić information content (AvgIpc) is 2.39. The topological polar surface area (TPSA) is 42.8 Å². The molecule has 4 heteroatoms. The highest BCUT2D eigenvalue weighted by Crippen LogP contribution is 2.18. The van der Waals surface area contributed by atoms with Crippen molar-refractivity contribution >= 4 is 5.91 Å². The number of carbonyl (C=O) groups is 1. The number of piperazine rings is 1. The summed E-state index contributed by atoms with van der Waals surface area (Å²) in [5, 5.41) is 2.85. The van der Waals surface area contributed by atoms with E-state index in [1.807, 2.05) is 0 Å². The molecule has 1 aliphatic rings. The summed E-state index contributed by atoms with van der Waals surface area (Å²) in [4.78, 5) is 12.6. The molecule has 1 atom stereocenters. The van der Waals surface area contributed by atoms with Crippen molar-refractivity contribution in [2.75, 3.05) is 32.8 Å². The molecule has 19 heavy (non-hydrogen) atoms. The Hall–Kier alpha value is -1.55. The molecule has 0 saturated carbocycles. The van der Waals surface area contributed by atoms with Crippen LogP contribution in [0.25, 0.3) is 0 Å². The molecule has 0 aromatic heterocycles. The molecule has 1 amide bonds. The Morgan fingerprint density at radius 1 is 1.37 bits per heavy atom. The molecule has 1 unspecified atom stereocenters. The van der Waals surface area contributed by atoms with E-state index in [4.69, 9.17) is 4.74 Å². The Bertz CT molecular complexity index is 446. The van der Waals surface area contributed by atoms with Crippen LogP contribution < -0.4 is 15.0 Å². The van der Waals surface area contributed by atoms with Gasteiger partial charge in [0.2, 0.25) is 0 Å². The first-order chi connectivity index (χ1) is 9.15. The standard InChI is InChI=1S/C15H22N2O2/c1-12-4-5-13(2)14(10-12)19-9-3-7-17-8-6-16-15(18)11-17/h4-5,10H,3,6-9,11H2,1-2H3,(H,16,18)/p+1. The van der Waals surface area contributed by atoms with Gasteiger partial charge in [-0.25, -0.2) is 0 Å². The molecule has 1 aromatic rings. The zero-order chi connectivity index (χ0) is 13.7. The zero-order valence-electron chi connectivity index (χ0n) is 11.8. The summed E-state index contributed by atoms with van der Waals surface area (Å²) < 4.78 is 5.82. The lowest BCUT2D eigenvalue weighted by molar-refractivity contribution is -0.893. The molecule has 1 fully saturated rings. The Balaban J connectivity index is 1.71. The van der Waals surface area contributed by atoms with E-state index >= 15 is 0 Å². The van der Waals surface area contributed by atoms with Crippen molar-refractivity contribution in [2.45, 2.75) is 20.3 Å². The van der Waals surface area contributed by atoms with Crippen molar-refractivity contribution < 1.29 is 14.4 Å². The van der Waals surface area contributed by atoms with Crippen molar-refractivity contribution in [3.63, 3.8) is 0 Å². The van der Waals surface area contributed by atoms with E-state index in [0.29, 0.717) is 6.54 Å². The van der Waals surface area contributed by atoms with E-state index in [0.717, 1.165) is 38.4 Å². The molecule has 1 heterocycles. The summed E-state index contributed by atoms with van der Waals surface area (Å²) in [7, 11) is 0. The first kappa shape index (κ1) is 13.9. The number of aryl methyl sites for hydroxylation is 2. The Morgan fingerprint density at radius 2 is 2.21 bits per heavy atom. The largest absolute Gasteiger partial charge is 0.493 e. The van der Waals surface area contributed by atoms with Crippen LogP contribution in [-0.4, -0.2) is 38.7 Å². The molecule has 2 N–H and O–H groups in total. The lowest BCUT2D eigenvalue weighted by atomic mass is 10.1. The third-order valence-corrected chi connectivity index (χ3v) is 3.49. The van der Waals surface area contributed by atoms with Gasteiger partial charge in [-0.3, -0.25) is 4.79 Å². The monoisotopic (exact) mass is 263 g/mol. The Kier molecular flexibility index (Phi) is 4.80. The van der Waals surface area contributed by atoms with Crippen LogP contribution in [0.3, 0.4) is 0 Å². The second-order valence-electron chi connectivity index (χ2n) is 5.25. The predicted octanol–water partition coefficient (Wildman–Crippen LogP) is 0.0870. The van der Waals surface area contributed by atoms with Gasteiger partial charge in [-0.2, -0.15) is 0 Å². The number of hydrogen-bond acceptors (Lipinski definition) is 2. The van der Waals surface area contributed by atoms with Crippen LogP contribution in [0.1, 0.15) is 17.5 Å². The molecule has 104 valence electrons. The van der Waals surface area contributed by atoms with Crippen LogP contribution in [0.5, 0.6) is 5.75 Å². The maximum absolute atomic E-state index is 11.2. The maximum Gasteiger partial charge on any atom is 0.275 e. The second-order valence-corrected chi connectivity index (χ2v) is 5.25. The SMILES string of the molecule is Cc1ccc(C)c(OCCC[NH+]2CCNC(=O)C2)c1. The fourth-order valence-corrected chi connectivity index (χ4v) is 2.34. The zero-order valence-corrected chi connectivity index (χ0v) is 11.8. The minimum atomic E-state index is 0.164. The van der Waals surface area contributed by atoms with Gasteiger partial charge in [0.05, 0.1) is 26.2 Å². The van der Waals surface area contributed by atoms with E-state index < -0.39 is 0 Å². The number of quaternary nitrogens is 1. The van der Waals surface area contributed by atoms with Crippen molar-refractivity contribution in [3.8, 4) is 5.75 Å². The Labute approximate surface area is 114 Å². The number of rotatable bonds is 5. The van der Waals surface area contributed by atoms with Crippen LogP contribution in [0.15, 0.2) is 18.2 Å². The summed E-state index contributed by atoms with van der Waals surface area (Å²) in [6, 6.07) is 6.26. The van der Waals surface area contributed by atoms with E-state index in [1.165, 1.54) is 16.0 Å². The summed E-state index contributed by atoms with van der Waals surface area (Å²) in [5.41, 5.74) is 2.40. The summed E-state index contributed by atoms with van der Waals surface area (Å²) >= 11 is 0. The first-order valence-corrected chi connectivity index (χ1v) is 6.95. The summed E-state index contributed by atoms with van der Waals surface area (Å²) in [6.07, 6.45) is 0.982. The third kappa shape index (κ3) is 4.24. The van der Waals surface area contributed by atoms with Gasteiger partial charge in [0.1, 0.15) is 5.75 Å². The second kappa shape index (κ2) is 6.57. The highest BCUT2D eigenvalue weighted by molar-refractivity contribution is 5.77. The summed E-state index contributed by atoms with van der Waals surface area (Å²) in [6.45, 7) is 8.27. The van der Waals surface area contributed by atoms with Crippen molar-refractivity contribution in [1.82, 2.24) is 5.32 Å². The molecule has 4 nitrogen and oxygen atoms in total. The molecule has 2 rings (SSSR count). The van der Waals surface area contributed by atoms with Gasteiger partial charge in [0.25, 0.3) is 5.91 Å². The summed E-state index contributed by atoms with van der Waals surface area (Å²) in [5.74, 6) is 1.14. The fourth-order valence-electron chi connectivity index (χ4n) is 2.34. The number of amides is 1. The molecule has 0 bridgehead atoms. The van der Waals surface area contributed by atoms with Gasteiger partial charge < -0.3 is 15.0 Å². The van der Waals surface area contributed by atoms with E-state index in [9.17, 15) is 4.79 Å². The minimum absolute atomic E-state index is 0.164. The third-order valence-electron chi connectivity index (χ3n) is 3.49. The number of hydrogen-bond donors (Lipinski definition) is 2. The van der Waals surface area contributed by atoms with Crippen molar-refractivity contribution in [1.29, 1.82) is 0 Å². The minimum Gasteiger partial charge on any atom is -0.493 e. The molecule has 1 aromatic carbocycles. The van der Waals surface area contributed by atoms with E-state index in [2.05, 4.69) is 37.4 Å². The van der Waals surface area contributed by atoms with Gasteiger partial charge in [0.15, 0.2) is 6.54 Å². The van der Waals surface area contributed by atoms with Crippen molar-refractivity contribution in [3.05, 3.63) is 29.3 Å². The van der Waals surface area contributed by atoms with Crippen LogP contribution in [-0.2, 0) is 4.79 Å². The lowest BCUT2D eigenvalue weighted by Gasteiger charge is -2.23. The number of benzene rings is 1. The molecule has 0 radical (unpaired) electrons. The molecule has 0 aliphatic carbocycles. The molecule has 1 saturated heterocycles. The van der Waals surface area contributed by atoms with Gasteiger partial charge >= 0.3 is 0 Å². The quantitative estimate of drug-likeness (QED) is 0.739. The average molecular weight is 263 g/mol. The van der Waals surface area contributed by atoms with Crippen LogP contribution in [0, 0.1) is 13.8 Å². The number of carbonyl (C=O) groups excluding carboxylic acids is 1. The number of nitrogens with one attached hydrogen (secondary N) is 2. The molecular weight excluding hydrogens is 240 g/mol. The van der Waals surface area contributed by atoms with Gasteiger partial charge in [-0.15, -0.1) is 0 Å². The molecule has 1 aliphatic heterocycles. The van der Waals surface area contributed by atoms with Gasteiger partial charge in [-0.05, 0) is 31.0 Å². The lowest BCUT2D eigenvalue weighted by Crippen LogP contribution is -3.15.